The summed E-state index contributed by atoms with van der Waals surface area (Å²) in [5, 5.41) is 4.43. The van der Waals surface area contributed by atoms with Crippen molar-refractivity contribution in [3.63, 3.8) is 0 Å². The third kappa shape index (κ3) is 3.46. The fraction of sp³-hybridized carbons (Fsp3) is 0.333. The van der Waals surface area contributed by atoms with Crippen LogP contribution in [0.5, 0.6) is 0 Å². The van der Waals surface area contributed by atoms with Crippen molar-refractivity contribution in [3.05, 3.63) is 29.3 Å². The first kappa shape index (κ1) is 13.4. The highest BCUT2D eigenvalue weighted by molar-refractivity contribution is 5.97. The molecule has 1 heterocycles. The van der Waals surface area contributed by atoms with E-state index in [0.717, 1.165) is 5.56 Å². The number of amides is 2. The van der Waals surface area contributed by atoms with Crippen molar-refractivity contribution in [2.75, 3.05) is 11.9 Å². The van der Waals surface area contributed by atoms with Crippen LogP contribution in [0.15, 0.2) is 18.2 Å². The number of carbonyl (C=O) groups excluding carboxylic acids is 2. The first-order chi connectivity index (χ1) is 8.85. The van der Waals surface area contributed by atoms with Gasteiger partial charge in [0.1, 0.15) is 6.54 Å². The van der Waals surface area contributed by atoms with E-state index in [1.165, 1.54) is 18.2 Å². The summed E-state index contributed by atoms with van der Waals surface area (Å²) in [4.78, 5) is 22.7. The monoisotopic (exact) mass is 272 g/mol. The first-order valence-corrected chi connectivity index (χ1v) is 5.63. The molecule has 1 aliphatic rings. The van der Waals surface area contributed by atoms with Crippen molar-refractivity contribution in [1.29, 1.82) is 0 Å². The number of nitrogens with one attached hydrogen (secondary N) is 2. The Morgan fingerprint density at radius 2 is 2.05 bits per heavy atom. The third-order valence-electron chi connectivity index (χ3n) is 2.71. The van der Waals surface area contributed by atoms with Crippen LogP contribution in [-0.2, 0) is 11.2 Å². The minimum absolute atomic E-state index is 0.109. The molecule has 4 nitrogen and oxygen atoms in total. The Kier molecular flexibility index (Phi) is 3.46. The number of rotatable bonds is 2. The van der Waals surface area contributed by atoms with Crippen molar-refractivity contribution in [2.24, 2.45) is 0 Å². The number of hydrogen-bond donors (Lipinski definition) is 2. The summed E-state index contributed by atoms with van der Waals surface area (Å²) in [6, 6.07) is 4.41. The lowest BCUT2D eigenvalue weighted by Gasteiger charge is -2.17. The molecule has 0 aliphatic carbocycles. The fourth-order valence-corrected chi connectivity index (χ4v) is 1.81. The van der Waals surface area contributed by atoms with Crippen molar-refractivity contribution in [1.82, 2.24) is 5.32 Å². The van der Waals surface area contributed by atoms with Crippen LogP contribution in [0.2, 0.25) is 0 Å². The Labute approximate surface area is 107 Å². The minimum Gasteiger partial charge on any atom is -0.343 e. The smallest absolute Gasteiger partial charge is 0.343 e. The number of fused-ring (bicyclic) bond motifs is 1. The Bertz CT molecular complexity index is 526. The highest BCUT2D eigenvalue weighted by Gasteiger charge is 2.28. The molecule has 0 unspecified atom stereocenters. The van der Waals surface area contributed by atoms with Gasteiger partial charge in [-0.1, -0.05) is 0 Å². The summed E-state index contributed by atoms with van der Waals surface area (Å²) in [6.45, 7) is -1.36. The minimum atomic E-state index is -4.43. The van der Waals surface area contributed by atoms with Crippen LogP contribution in [0, 0.1) is 0 Å². The molecule has 0 radical (unpaired) electrons. The maximum absolute atomic E-state index is 12.0. The van der Waals surface area contributed by atoms with Crippen molar-refractivity contribution in [3.8, 4) is 0 Å². The highest BCUT2D eigenvalue weighted by atomic mass is 19.4. The molecule has 2 amide bonds. The van der Waals surface area contributed by atoms with E-state index >= 15 is 0 Å². The Balaban J connectivity index is 2.09. The van der Waals surface area contributed by atoms with E-state index in [1.54, 1.807) is 5.32 Å². The first-order valence-electron chi connectivity index (χ1n) is 5.63. The molecule has 19 heavy (non-hydrogen) atoms. The number of alkyl halides is 3. The zero-order chi connectivity index (χ0) is 14.0. The SMILES string of the molecule is O=C1CCc2cc(C(=O)NCC(F)(F)F)ccc2N1. The van der Waals surface area contributed by atoms with E-state index in [-0.39, 0.29) is 11.5 Å². The zero-order valence-electron chi connectivity index (χ0n) is 9.80. The third-order valence-corrected chi connectivity index (χ3v) is 2.71. The molecule has 1 aromatic carbocycles. The number of benzene rings is 1. The topological polar surface area (TPSA) is 58.2 Å². The van der Waals surface area contributed by atoms with Gasteiger partial charge in [0.05, 0.1) is 0 Å². The molecule has 0 bridgehead atoms. The molecule has 102 valence electrons. The van der Waals surface area contributed by atoms with Crippen LogP contribution in [0.4, 0.5) is 18.9 Å². The van der Waals surface area contributed by atoms with Gasteiger partial charge in [-0.15, -0.1) is 0 Å². The van der Waals surface area contributed by atoms with Gasteiger partial charge in [0.25, 0.3) is 5.91 Å². The second-order valence-electron chi connectivity index (χ2n) is 4.22. The van der Waals surface area contributed by atoms with Gasteiger partial charge >= 0.3 is 6.18 Å². The summed E-state index contributed by atoms with van der Waals surface area (Å²) in [5.41, 5.74) is 1.50. The lowest BCUT2D eigenvalue weighted by Crippen LogP contribution is -2.33. The summed E-state index contributed by atoms with van der Waals surface area (Å²) in [6.07, 6.45) is -3.65. The lowest BCUT2D eigenvalue weighted by atomic mass is 10.00. The Morgan fingerprint density at radius 3 is 2.74 bits per heavy atom. The lowest BCUT2D eigenvalue weighted by molar-refractivity contribution is -0.123. The molecule has 0 saturated heterocycles. The molecule has 1 aliphatic heterocycles. The number of aryl methyl sites for hydroxylation is 1. The molecule has 2 N–H and O–H groups in total. The van der Waals surface area contributed by atoms with Gasteiger partial charge in [0.2, 0.25) is 5.91 Å². The predicted octanol–water partition coefficient (Wildman–Crippen LogP) is 1.86. The maximum atomic E-state index is 12.0. The molecule has 0 fully saturated rings. The largest absolute Gasteiger partial charge is 0.405 e. The van der Waals surface area contributed by atoms with Crippen LogP contribution in [0.25, 0.3) is 0 Å². The Morgan fingerprint density at radius 1 is 1.32 bits per heavy atom. The van der Waals surface area contributed by atoms with Gasteiger partial charge in [-0.3, -0.25) is 9.59 Å². The summed E-state index contributed by atoms with van der Waals surface area (Å²) in [5.74, 6) is -0.890. The van der Waals surface area contributed by atoms with Crippen LogP contribution in [-0.4, -0.2) is 24.5 Å². The van der Waals surface area contributed by atoms with Crippen LogP contribution < -0.4 is 10.6 Å². The van der Waals surface area contributed by atoms with Crippen molar-refractivity contribution in [2.45, 2.75) is 19.0 Å². The standard InChI is InChI=1S/C12H11F3N2O2/c13-12(14,15)6-16-11(19)8-1-3-9-7(5-8)2-4-10(18)17-9/h1,3,5H,2,4,6H2,(H,16,19)(H,17,18). The molecule has 2 rings (SSSR count). The molecular weight excluding hydrogens is 261 g/mol. The van der Waals surface area contributed by atoms with E-state index < -0.39 is 18.6 Å². The normalized spacial score (nSPS) is 14.6. The van der Waals surface area contributed by atoms with Gasteiger partial charge < -0.3 is 10.6 Å². The molecular formula is C12H11F3N2O2. The van der Waals surface area contributed by atoms with Gasteiger partial charge in [-0.2, -0.15) is 13.2 Å². The predicted molar refractivity (Wildman–Crippen MR) is 61.8 cm³/mol. The van der Waals surface area contributed by atoms with Gasteiger partial charge in [0, 0.05) is 17.7 Å². The number of carbonyl (C=O) groups is 2. The van der Waals surface area contributed by atoms with Gasteiger partial charge in [-0.25, -0.2) is 0 Å². The van der Waals surface area contributed by atoms with E-state index in [1.807, 2.05) is 0 Å². The molecule has 1 aromatic rings. The average Bonchev–Trinajstić information content (AvgIpc) is 2.34. The summed E-state index contributed by atoms with van der Waals surface area (Å²) < 4.78 is 36.0. The van der Waals surface area contributed by atoms with Gasteiger partial charge in [-0.05, 0) is 30.2 Å². The van der Waals surface area contributed by atoms with Crippen LogP contribution in [0.1, 0.15) is 22.3 Å². The van der Waals surface area contributed by atoms with Crippen molar-refractivity contribution < 1.29 is 22.8 Å². The molecule has 0 saturated carbocycles. The van der Waals surface area contributed by atoms with Crippen LogP contribution >= 0.6 is 0 Å². The average molecular weight is 272 g/mol. The van der Waals surface area contributed by atoms with E-state index in [2.05, 4.69) is 5.32 Å². The van der Waals surface area contributed by atoms with E-state index in [4.69, 9.17) is 0 Å². The quantitative estimate of drug-likeness (QED) is 0.863. The molecule has 0 atom stereocenters. The van der Waals surface area contributed by atoms with Crippen LogP contribution in [0.3, 0.4) is 0 Å². The molecule has 0 aromatic heterocycles. The highest BCUT2D eigenvalue weighted by Crippen LogP contribution is 2.23. The fourth-order valence-electron chi connectivity index (χ4n) is 1.81. The maximum Gasteiger partial charge on any atom is 0.405 e. The van der Waals surface area contributed by atoms with E-state index in [9.17, 15) is 22.8 Å². The number of hydrogen-bond acceptors (Lipinski definition) is 2. The Hall–Kier alpha value is -2.05. The number of anilines is 1. The second kappa shape index (κ2) is 4.91. The zero-order valence-corrected chi connectivity index (χ0v) is 9.80. The van der Waals surface area contributed by atoms with Crippen molar-refractivity contribution >= 4 is 17.5 Å². The second-order valence-corrected chi connectivity index (χ2v) is 4.22. The molecule has 0 spiro atoms. The van der Waals surface area contributed by atoms with E-state index in [0.29, 0.717) is 18.5 Å². The van der Waals surface area contributed by atoms with Gasteiger partial charge in [0.15, 0.2) is 0 Å². The summed E-state index contributed by atoms with van der Waals surface area (Å²) >= 11 is 0. The molecule has 7 heteroatoms. The summed E-state index contributed by atoms with van der Waals surface area (Å²) in [7, 11) is 0. The number of halogens is 3.